The Morgan fingerprint density at radius 1 is 1.39 bits per heavy atom. The zero-order valence-corrected chi connectivity index (χ0v) is 12.0. The lowest BCUT2D eigenvalue weighted by Crippen LogP contribution is -2.38. The molecule has 1 aliphatic rings. The van der Waals surface area contributed by atoms with E-state index in [9.17, 15) is 9.59 Å². The average Bonchev–Trinajstić information content (AvgIpc) is 2.86. The quantitative estimate of drug-likeness (QED) is 0.745. The van der Waals surface area contributed by atoms with Crippen molar-refractivity contribution in [2.24, 2.45) is 0 Å². The molecule has 106 valence electrons. The van der Waals surface area contributed by atoms with Gasteiger partial charge in [0.05, 0.1) is 0 Å². The third-order valence-corrected chi connectivity index (χ3v) is 3.11. The molecule has 0 aromatic heterocycles. The van der Waals surface area contributed by atoms with Gasteiger partial charge in [0.1, 0.15) is 0 Å². The smallest absolute Gasteiger partial charge is 0.223 e. The minimum atomic E-state index is -0.0295. The largest absolute Gasteiger partial charge is 0.356 e. The lowest BCUT2D eigenvalue weighted by atomic mass is 10.2. The molecule has 2 N–H and O–H groups in total. The third kappa shape index (κ3) is 5.69. The van der Waals surface area contributed by atoms with E-state index in [2.05, 4.69) is 10.6 Å². The first kappa shape index (κ1) is 17.2. The Hall–Kier alpha value is -0.810. The number of hydrogen-bond donors (Lipinski definition) is 2. The third-order valence-electron chi connectivity index (χ3n) is 3.11. The van der Waals surface area contributed by atoms with Crippen molar-refractivity contribution in [1.29, 1.82) is 0 Å². The first-order chi connectivity index (χ1) is 8.15. The van der Waals surface area contributed by atoms with Gasteiger partial charge in [-0.25, -0.2) is 0 Å². The molecule has 1 aliphatic heterocycles. The molecule has 5 nitrogen and oxygen atoms in total. The highest BCUT2D eigenvalue weighted by Crippen LogP contribution is 2.08. The highest BCUT2D eigenvalue weighted by molar-refractivity contribution is 5.85. The van der Waals surface area contributed by atoms with Crippen LogP contribution >= 0.6 is 12.4 Å². The number of halogens is 1. The number of amides is 2. The van der Waals surface area contributed by atoms with Gasteiger partial charge in [0, 0.05) is 39.0 Å². The van der Waals surface area contributed by atoms with Gasteiger partial charge in [0.15, 0.2) is 0 Å². The summed E-state index contributed by atoms with van der Waals surface area (Å²) in [7, 11) is 1.82. The molecule has 2 amide bonds. The van der Waals surface area contributed by atoms with Crippen LogP contribution in [0.3, 0.4) is 0 Å². The number of nitrogens with one attached hydrogen (secondary N) is 2. The first-order valence-electron chi connectivity index (χ1n) is 6.38. The SMILES string of the molecule is CCCNC(=O)CCC(=O)N(C)C1CCNC1.Cl. The zero-order chi connectivity index (χ0) is 12.7. The maximum atomic E-state index is 11.8. The Balaban J connectivity index is 0.00000289. The van der Waals surface area contributed by atoms with Gasteiger partial charge < -0.3 is 15.5 Å². The molecule has 1 rings (SSSR count). The van der Waals surface area contributed by atoms with Crippen molar-refractivity contribution in [2.75, 3.05) is 26.7 Å². The van der Waals surface area contributed by atoms with Crippen LogP contribution in [0.25, 0.3) is 0 Å². The molecular weight excluding hydrogens is 254 g/mol. The highest BCUT2D eigenvalue weighted by Gasteiger charge is 2.23. The number of likely N-dealkylation sites (N-methyl/N-ethyl adjacent to an activating group) is 1. The maximum Gasteiger partial charge on any atom is 0.223 e. The van der Waals surface area contributed by atoms with E-state index in [1.165, 1.54) is 0 Å². The van der Waals surface area contributed by atoms with Crippen LogP contribution in [0.15, 0.2) is 0 Å². The summed E-state index contributed by atoms with van der Waals surface area (Å²) in [6.07, 6.45) is 2.53. The molecule has 6 heteroatoms. The van der Waals surface area contributed by atoms with Gasteiger partial charge in [-0.1, -0.05) is 6.92 Å². The fourth-order valence-corrected chi connectivity index (χ4v) is 1.92. The standard InChI is InChI=1S/C12H23N3O2.ClH/c1-3-7-14-11(16)4-5-12(17)15(2)10-6-8-13-9-10;/h10,13H,3-9H2,1-2H3,(H,14,16);1H. The lowest BCUT2D eigenvalue weighted by molar-refractivity contribution is -0.134. The number of rotatable bonds is 6. The van der Waals surface area contributed by atoms with E-state index in [1.54, 1.807) is 4.90 Å². The molecule has 0 aromatic carbocycles. The minimum Gasteiger partial charge on any atom is -0.356 e. The molecule has 0 aromatic rings. The Morgan fingerprint density at radius 3 is 2.67 bits per heavy atom. The van der Waals surface area contributed by atoms with E-state index in [4.69, 9.17) is 0 Å². The van der Waals surface area contributed by atoms with Gasteiger partial charge >= 0.3 is 0 Å². The molecule has 0 bridgehead atoms. The lowest BCUT2D eigenvalue weighted by Gasteiger charge is -2.23. The summed E-state index contributed by atoms with van der Waals surface area (Å²) in [5.74, 6) is 0.0310. The van der Waals surface area contributed by atoms with Crippen molar-refractivity contribution in [1.82, 2.24) is 15.5 Å². The van der Waals surface area contributed by atoms with Gasteiger partial charge in [-0.15, -0.1) is 12.4 Å². The topological polar surface area (TPSA) is 61.4 Å². The molecule has 0 saturated carbocycles. The van der Waals surface area contributed by atoms with Crippen molar-refractivity contribution in [2.45, 2.75) is 38.6 Å². The summed E-state index contributed by atoms with van der Waals surface area (Å²) in [5, 5.41) is 6.00. The van der Waals surface area contributed by atoms with E-state index in [1.807, 2.05) is 14.0 Å². The fourth-order valence-electron chi connectivity index (χ4n) is 1.92. The van der Waals surface area contributed by atoms with Crippen LogP contribution in [0.5, 0.6) is 0 Å². The van der Waals surface area contributed by atoms with E-state index in [-0.39, 0.29) is 24.2 Å². The van der Waals surface area contributed by atoms with Crippen LogP contribution < -0.4 is 10.6 Å². The average molecular weight is 278 g/mol. The molecular formula is C12H24ClN3O2. The molecule has 0 spiro atoms. The van der Waals surface area contributed by atoms with Gasteiger partial charge in [-0.3, -0.25) is 9.59 Å². The molecule has 0 aliphatic carbocycles. The molecule has 1 atom stereocenters. The Bertz CT molecular complexity index is 268. The molecule has 1 saturated heterocycles. The normalized spacial score (nSPS) is 18.0. The number of nitrogens with zero attached hydrogens (tertiary/aromatic N) is 1. The summed E-state index contributed by atoms with van der Waals surface area (Å²) in [4.78, 5) is 25.0. The van der Waals surface area contributed by atoms with Crippen molar-refractivity contribution >= 4 is 24.2 Å². The predicted octanol–water partition coefficient (Wildman–Crippen LogP) is 0.535. The van der Waals surface area contributed by atoms with Gasteiger partial charge in [0.2, 0.25) is 11.8 Å². The second-order valence-electron chi connectivity index (χ2n) is 4.50. The van der Waals surface area contributed by atoms with Gasteiger partial charge in [-0.2, -0.15) is 0 Å². The second kappa shape index (κ2) is 9.16. The highest BCUT2D eigenvalue weighted by atomic mass is 35.5. The van der Waals surface area contributed by atoms with Crippen molar-refractivity contribution in [3.63, 3.8) is 0 Å². The molecule has 1 unspecified atom stereocenters. The second-order valence-corrected chi connectivity index (χ2v) is 4.50. The molecule has 18 heavy (non-hydrogen) atoms. The van der Waals surface area contributed by atoms with Crippen LogP contribution in [0.2, 0.25) is 0 Å². The summed E-state index contributed by atoms with van der Waals surface area (Å²) in [6, 6.07) is 0.293. The van der Waals surface area contributed by atoms with Crippen molar-refractivity contribution < 1.29 is 9.59 Å². The molecule has 1 heterocycles. The summed E-state index contributed by atoms with van der Waals surface area (Å²) in [6.45, 7) is 4.53. The van der Waals surface area contributed by atoms with Crippen LogP contribution in [0.4, 0.5) is 0 Å². The summed E-state index contributed by atoms with van der Waals surface area (Å²) < 4.78 is 0. The van der Waals surface area contributed by atoms with Crippen LogP contribution in [-0.4, -0.2) is 49.4 Å². The van der Waals surface area contributed by atoms with Crippen LogP contribution in [-0.2, 0) is 9.59 Å². The van der Waals surface area contributed by atoms with Crippen molar-refractivity contribution in [3.05, 3.63) is 0 Å². The number of carbonyl (C=O) groups excluding carboxylic acids is 2. The Labute approximate surface area is 115 Å². The predicted molar refractivity (Wildman–Crippen MR) is 73.8 cm³/mol. The minimum absolute atomic E-state index is 0. The van der Waals surface area contributed by atoms with E-state index in [0.29, 0.717) is 25.4 Å². The van der Waals surface area contributed by atoms with Crippen molar-refractivity contribution in [3.8, 4) is 0 Å². The molecule has 0 radical (unpaired) electrons. The van der Waals surface area contributed by atoms with Crippen LogP contribution in [0, 0.1) is 0 Å². The Kier molecular flexibility index (Phi) is 8.75. The number of hydrogen-bond acceptors (Lipinski definition) is 3. The summed E-state index contributed by atoms with van der Waals surface area (Å²) >= 11 is 0. The zero-order valence-electron chi connectivity index (χ0n) is 11.2. The first-order valence-corrected chi connectivity index (χ1v) is 6.38. The number of carbonyl (C=O) groups is 2. The maximum absolute atomic E-state index is 11.8. The summed E-state index contributed by atoms with van der Waals surface area (Å²) in [5.41, 5.74) is 0. The fraction of sp³-hybridized carbons (Fsp3) is 0.833. The molecule has 1 fully saturated rings. The van der Waals surface area contributed by atoms with E-state index < -0.39 is 0 Å². The van der Waals surface area contributed by atoms with Crippen LogP contribution in [0.1, 0.15) is 32.6 Å². The van der Waals surface area contributed by atoms with E-state index >= 15 is 0 Å². The Morgan fingerprint density at radius 2 is 2.11 bits per heavy atom. The monoisotopic (exact) mass is 277 g/mol. The van der Waals surface area contributed by atoms with Gasteiger partial charge in [0.25, 0.3) is 0 Å². The van der Waals surface area contributed by atoms with Gasteiger partial charge in [-0.05, 0) is 19.4 Å². The van der Waals surface area contributed by atoms with E-state index in [0.717, 1.165) is 25.9 Å².